The number of hydrogen-bond donors (Lipinski definition) is 1. The molecule has 3 atom stereocenters. The molecule has 6 heteroatoms. The molecule has 0 bridgehead atoms. The fourth-order valence-electron chi connectivity index (χ4n) is 4.57. The van der Waals surface area contributed by atoms with Gasteiger partial charge in [-0.15, -0.1) is 0 Å². The Labute approximate surface area is 176 Å². The summed E-state index contributed by atoms with van der Waals surface area (Å²) in [6.45, 7) is 8.42. The average Bonchev–Trinajstić information content (AvgIpc) is 3.14. The van der Waals surface area contributed by atoms with Gasteiger partial charge >= 0.3 is 0 Å². The van der Waals surface area contributed by atoms with Crippen molar-refractivity contribution in [2.45, 2.75) is 59.4 Å². The minimum absolute atomic E-state index is 0.103. The lowest BCUT2D eigenvalue weighted by molar-refractivity contribution is 0.0892. The number of nitrogens with one attached hydrogen (secondary N) is 1. The Kier molecular flexibility index (Phi) is 5.58. The van der Waals surface area contributed by atoms with Crippen LogP contribution in [0.3, 0.4) is 0 Å². The number of benzene rings is 1. The lowest BCUT2D eigenvalue weighted by Gasteiger charge is -2.34. The second kappa shape index (κ2) is 8.17. The van der Waals surface area contributed by atoms with Gasteiger partial charge in [-0.3, -0.25) is 4.79 Å². The summed E-state index contributed by atoms with van der Waals surface area (Å²) in [6, 6.07) is 6.70. The number of amides is 1. The van der Waals surface area contributed by atoms with Crippen LogP contribution >= 0.6 is 0 Å². The lowest BCUT2D eigenvalue weighted by Crippen LogP contribution is -2.43. The molecule has 1 aromatic carbocycles. The Bertz CT molecular complexity index is 1070. The number of hydrogen-bond acceptors (Lipinski definition) is 3. The molecule has 0 saturated heterocycles. The molecule has 1 aliphatic carbocycles. The minimum Gasteiger partial charge on any atom is -0.349 e. The molecule has 1 fully saturated rings. The van der Waals surface area contributed by atoms with E-state index in [-0.39, 0.29) is 17.8 Å². The maximum Gasteiger partial charge on any atom is 0.256 e. The van der Waals surface area contributed by atoms with Gasteiger partial charge in [0.1, 0.15) is 11.4 Å². The zero-order chi connectivity index (χ0) is 21.4. The first-order valence-corrected chi connectivity index (χ1v) is 10.7. The number of aryl methyl sites for hydroxylation is 2. The van der Waals surface area contributed by atoms with Crippen LogP contribution in [0, 0.1) is 31.5 Å². The fourth-order valence-corrected chi connectivity index (χ4v) is 4.57. The van der Waals surface area contributed by atoms with Gasteiger partial charge in [0.05, 0.1) is 6.20 Å². The van der Waals surface area contributed by atoms with Gasteiger partial charge in [-0.25, -0.2) is 13.9 Å². The molecule has 158 valence electrons. The summed E-state index contributed by atoms with van der Waals surface area (Å²) < 4.78 is 15.0. The van der Waals surface area contributed by atoms with Crippen molar-refractivity contribution in [3.63, 3.8) is 0 Å². The smallest absolute Gasteiger partial charge is 0.256 e. The van der Waals surface area contributed by atoms with Crippen molar-refractivity contribution >= 4 is 11.6 Å². The number of halogens is 1. The molecule has 2 heterocycles. The quantitative estimate of drug-likeness (QED) is 0.685. The van der Waals surface area contributed by atoms with Gasteiger partial charge in [-0.2, -0.15) is 5.10 Å². The minimum atomic E-state index is -0.245. The van der Waals surface area contributed by atoms with Crippen molar-refractivity contribution in [2.75, 3.05) is 0 Å². The first-order chi connectivity index (χ1) is 14.3. The molecular weight excluding hydrogens is 379 g/mol. The van der Waals surface area contributed by atoms with Crippen molar-refractivity contribution in [3.05, 3.63) is 64.4 Å². The summed E-state index contributed by atoms with van der Waals surface area (Å²) in [5.74, 6) is 0.728. The number of fused-ring (bicyclic) bond motifs is 1. The highest BCUT2D eigenvalue weighted by atomic mass is 19.1. The van der Waals surface area contributed by atoms with Gasteiger partial charge in [-0.05, 0) is 55.4 Å². The van der Waals surface area contributed by atoms with E-state index in [1.807, 2.05) is 13.8 Å². The third-order valence-electron chi connectivity index (χ3n) is 6.77. The lowest BCUT2D eigenvalue weighted by atomic mass is 9.78. The zero-order valence-electron chi connectivity index (χ0n) is 18.1. The second-order valence-electron chi connectivity index (χ2n) is 8.71. The SMILES string of the molecule is Cc1nc2c(C(=O)N[C@@H]3CCC[C@H](C)[C@H]3C)cnn2c(C)c1Cc1ccc(F)cc1. The van der Waals surface area contributed by atoms with Gasteiger partial charge in [-0.1, -0.05) is 38.8 Å². The van der Waals surface area contributed by atoms with Crippen molar-refractivity contribution in [2.24, 2.45) is 11.8 Å². The van der Waals surface area contributed by atoms with Crippen LogP contribution in [-0.4, -0.2) is 26.5 Å². The van der Waals surface area contributed by atoms with Crippen molar-refractivity contribution in [3.8, 4) is 0 Å². The molecule has 1 N–H and O–H groups in total. The van der Waals surface area contributed by atoms with Gasteiger partial charge in [0.25, 0.3) is 5.91 Å². The van der Waals surface area contributed by atoms with Crippen molar-refractivity contribution < 1.29 is 9.18 Å². The third-order valence-corrected chi connectivity index (χ3v) is 6.77. The number of nitrogens with zero attached hydrogens (tertiary/aromatic N) is 3. The Morgan fingerprint density at radius 2 is 1.93 bits per heavy atom. The molecule has 1 amide bonds. The normalized spacial score (nSPS) is 21.7. The van der Waals surface area contributed by atoms with Gasteiger partial charge in [0.15, 0.2) is 5.65 Å². The third kappa shape index (κ3) is 3.83. The number of rotatable bonds is 4. The maximum atomic E-state index is 13.2. The van der Waals surface area contributed by atoms with Crippen LogP contribution in [0.15, 0.2) is 30.5 Å². The predicted octanol–water partition coefficient (Wildman–Crippen LogP) is 4.63. The largest absolute Gasteiger partial charge is 0.349 e. The number of carbonyl (C=O) groups is 1. The standard InChI is InChI=1S/C24H29FN4O/c1-14-6-5-7-22(15(14)2)28-24(30)21-13-26-29-17(4)20(16(3)27-23(21)29)12-18-8-10-19(25)11-9-18/h8-11,13-15,22H,5-7,12H2,1-4H3,(H,28,30)/t14-,15+,22+/m0/s1. The average molecular weight is 409 g/mol. The van der Waals surface area contributed by atoms with Crippen LogP contribution in [0.25, 0.3) is 5.65 Å². The fraction of sp³-hybridized carbons (Fsp3) is 0.458. The van der Waals surface area contributed by atoms with Crippen LogP contribution < -0.4 is 5.32 Å². The van der Waals surface area contributed by atoms with E-state index in [2.05, 4.69) is 24.3 Å². The monoisotopic (exact) mass is 408 g/mol. The zero-order valence-corrected chi connectivity index (χ0v) is 18.1. The van der Waals surface area contributed by atoms with E-state index in [4.69, 9.17) is 4.98 Å². The van der Waals surface area contributed by atoms with Crippen molar-refractivity contribution in [1.82, 2.24) is 19.9 Å². The second-order valence-corrected chi connectivity index (χ2v) is 8.71. The Hall–Kier alpha value is -2.76. The molecular formula is C24H29FN4O. The molecule has 0 aliphatic heterocycles. The highest BCUT2D eigenvalue weighted by Gasteiger charge is 2.29. The maximum absolute atomic E-state index is 13.2. The van der Waals surface area contributed by atoms with E-state index in [1.54, 1.807) is 22.8 Å². The molecule has 2 aromatic heterocycles. The van der Waals surface area contributed by atoms with Gasteiger partial charge in [0, 0.05) is 23.9 Å². The van der Waals surface area contributed by atoms with E-state index in [1.165, 1.54) is 18.6 Å². The van der Waals surface area contributed by atoms with Crippen LogP contribution in [-0.2, 0) is 6.42 Å². The number of aromatic nitrogens is 3. The van der Waals surface area contributed by atoms with E-state index in [9.17, 15) is 9.18 Å². The number of carbonyl (C=O) groups excluding carboxylic acids is 1. The molecule has 0 unspecified atom stereocenters. The molecule has 4 rings (SSSR count). The summed E-state index contributed by atoms with van der Waals surface area (Å²) in [4.78, 5) is 17.8. The Morgan fingerprint density at radius 1 is 1.20 bits per heavy atom. The summed E-state index contributed by atoms with van der Waals surface area (Å²) in [6.07, 6.45) is 5.64. The van der Waals surface area contributed by atoms with Gasteiger partial charge < -0.3 is 5.32 Å². The van der Waals surface area contributed by atoms with Crippen LogP contribution in [0.1, 0.15) is 66.0 Å². The first-order valence-electron chi connectivity index (χ1n) is 10.7. The van der Waals surface area contributed by atoms with E-state index in [0.29, 0.717) is 29.5 Å². The summed E-state index contributed by atoms with van der Waals surface area (Å²) in [7, 11) is 0. The summed E-state index contributed by atoms with van der Waals surface area (Å²) >= 11 is 0. The van der Waals surface area contributed by atoms with Crippen LogP contribution in [0.2, 0.25) is 0 Å². The Morgan fingerprint density at radius 3 is 2.67 bits per heavy atom. The van der Waals surface area contributed by atoms with E-state index in [0.717, 1.165) is 35.4 Å². The van der Waals surface area contributed by atoms with E-state index >= 15 is 0 Å². The first kappa shape index (κ1) is 20.5. The molecule has 0 radical (unpaired) electrons. The molecule has 5 nitrogen and oxygen atoms in total. The topological polar surface area (TPSA) is 59.3 Å². The highest BCUT2D eigenvalue weighted by molar-refractivity contribution is 5.99. The molecule has 1 aliphatic rings. The van der Waals surface area contributed by atoms with E-state index < -0.39 is 0 Å². The Balaban J connectivity index is 1.62. The molecule has 1 saturated carbocycles. The van der Waals surface area contributed by atoms with Gasteiger partial charge in [0.2, 0.25) is 0 Å². The van der Waals surface area contributed by atoms with Crippen LogP contribution in [0.4, 0.5) is 4.39 Å². The molecule has 0 spiro atoms. The predicted molar refractivity (Wildman–Crippen MR) is 115 cm³/mol. The summed E-state index contributed by atoms with van der Waals surface area (Å²) in [5, 5.41) is 7.68. The van der Waals surface area contributed by atoms with Crippen LogP contribution in [0.5, 0.6) is 0 Å². The molecule has 30 heavy (non-hydrogen) atoms. The molecule has 3 aromatic rings. The van der Waals surface area contributed by atoms with Crippen molar-refractivity contribution in [1.29, 1.82) is 0 Å². The summed E-state index contributed by atoms with van der Waals surface area (Å²) in [5.41, 5.74) is 4.95. The highest BCUT2D eigenvalue weighted by Crippen LogP contribution is 2.30.